The molecule has 0 rings (SSSR count). The summed E-state index contributed by atoms with van der Waals surface area (Å²) < 4.78 is 4.94. The molecule has 1 amide bonds. The van der Waals surface area contributed by atoms with Crippen molar-refractivity contribution in [1.82, 2.24) is 5.32 Å². The molecule has 18 heavy (non-hydrogen) atoms. The van der Waals surface area contributed by atoms with E-state index in [0.717, 1.165) is 12.8 Å². The van der Waals surface area contributed by atoms with Crippen LogP contribution in [0.4, 0.5) is 0 Å². The molecule has 0 aromatic rings. The van der Waals surface area contributed by atoms with Gasteiger partial charge in [0.2, 0.25) is 5.91 Å². The Morgan fingerprint density at radius 1 is 1.17 bits per heavy atom. The maximum absolute atomic E-state index is 11.2. The van der Waals surface area contributed by atoms with Crippen LogP contribution in [-0.2, 0) is 9.53 Å². The van der Waals surface area contributed by atoms with Crippen LogP contribution in [0.3, 0.4) is 0 Å². The van der Waals surface area contributed by atoms with Crippen molar-refractivity contribution < 1.29 is 9.53 Å². The monoisotopic (exact) mass is 258 g/mol. The lowest BCUT2D eigenvalue weighted by Gasteiger charge is -2.14. The predicted octanol–water partition coefficient (Wildman–Crippen LogP) is 2.22. The Morgan fingerprint density at radius 3 is 2.33 bits per heavy atom. The Labute approximate surface area is 112 Å². The third kappa shape index (κ3) is 10.5. The quantitative estimate of drug-likeness (QED) is 0.498. The first-order valence-corrected chi connectivity index (χ1v) is 7.24. The van der Waals surface area contributed by atoms with E-state index in [2.05, 4.69) is 12.2 Å². The molecular formula is C14H30N2O2. The number of hydrogen-bond donors (Lipinski definition) is 2. The number of carbonyl (C=O) groups excluding carboxylic acids is 1. The first-order valence-electron chi connectivity index (χ1n) is 7.24. The SMILES string of the molecule is CCCCCCCCCC(NCCOC)C(N)=O. The third-order valence-electron chi connectivity index (χ3n) is 3.14. The molecule has 108 valence electrons. The number of methoxy groups -OCH3 is 1. The van der Waals surface area contributed by atoms with E-state index in [9.17, 15) is 4.79 Å². The summed E-state index contributed by atoms with van der Waals surface area (Å²) in [5.74, 6) is -0.253. The normalized spacial score (nSPS) is 12.6. The lowest BCUT2D eigenvalue weighted by atomic mass is 10.0. The molecule has 0 bridgehead atoms. The van der Waals surface area contributed by atoms with Gasteiger partial charge in [0.25, 0.3) is 0 Å². The molecule has 0 aromatic carbocycles. The fraction of sp³-hybridized carbons (Fsp3) is 0.929. The van der Waals surface area contributed by atoms with Crippen molar-refractivity contribution in [2.24, 2.45) is 5.73 Å². The van der Waals surface area contributed by atoms with Crippen molar-refractivity contribution in [1.29, 1.82) is 0 Å². The minimum Gasteiger partial charge on any atom is -0.383 e. The van der Waals surface area contributed by atoms with E-state index in [0.29, 0.717) is 13.2 Å². The Bertz CT molecular complexity index is 198. The van der Waals surface area contributed by atoms with Crippen LogP contribution in [0, 0.1) is 0 Å². The first-order chi connectivity index (χ1) is 8.72. The number of nitrogens with one attached hydrogen (secondary N) is 1. The molecule has 0 fully saturated rings. The van der Waals surface area contributed by atoms with Gasteiger partial charge in [-0.15, -0.1) is 0 Å². The molecule has 4 heteroatoms. The van der Waals surface area contributed by atoms with Gasteiger partial charge < -0.3 is 15.8 Å². The van der Waals surface area contributed by atoms with E-state index in [1.807, 2.05) is 0 Å². The first kappa shape index (κ1) is 17.4. The lowest BCUT2D eigenvalue weighted by molar-refractivity contribution is -0.120. The molecule has 4 nitrogen and oxygen atoms in total. The number of rotatable bonds is 13. The minimum absolute atomic E-state index is 0.198. The standard InChI is InChI=1S/C14H30N2O2/c1-3-4-5-6-7-8-9-10-13(14(15)17)16-11-12-18-2/h13,16H,3-12H2,1-2H3,(H2,15,17). The maximum atomic E-state index is 11.2. The highest BCUT2D eigenvalue weighted by atomic mass is 16.5. The van der Waals surface area contributed by atoms with E-state index >= 15 is 0 Å². The van der Waals surface area contributed by atoms with Gasteiger partial charge in [0.15, 0.2) is 0 Å². The van der Waals surface area contributed by atoms with E-state index in [4.69, 9.17) is 10.5 Å². The smallest absolute Gasteiger partial charge is 0.234 e. The second-order valence-electron chi connectivity index (χ2n) is 4.81. The number of unbranched alkanes of at least 4 members (excludes halogenated alkanes) is 6. The molecule has 0 spiro atoms. The number of ether oxygens (including phenoxy) is 1. The van der Waals surface area contributed by atoms with Crippen molar-refractivity contribution in [2.45, 2.75) is 64.3 Å². The summed E-state index contributed by atoms with van der Waals surface area (Å²) in [6.45, 7) is 3.52. The van der Waals surface area contributed by atoms with Gasteiger partial charge in [-0.1, -0.05) is 51.9 Å². The minimum atomic E-state index is -0.253. The third-order valence-corrected chi connectivity index (χ3v) is 3.14. The van der Waals surface area contributed by atoms with Crippen LogP contribution in [0.1, 0.15) is 58.3 Å². The van der Waals surface area contributed by atoms with E-state index in [1.165, 1.54) is 38.5 Å². The number of carbonyl (C=O) groups is 1. The molecule has 0 radical (unpaired) electrons. The molecule has 0 aliphatic heterocycles. The van der Waals surface area contributed by atoms with Crippen molar-refractivity contribution in [3.05, 3.63) is 0 Å². The fourth-order valence-corrected chi connectivity index (χ4v) is 1.99. The van der Waals surface area contributed by atoms with Crippen LogP contribution in [0.25, 0.3) is 0 Å². The Balaban J connectivity index is 3.49. The van der Waals surface area contributed by atoms with Gasteiger partial charge >= 0.3 is 0 Å². The van der Waals surface area contributed by atoms with E-state index in [1.54, 1.807) is 7.11 Å². The zero-order chi connectivity index (χ0) is 13.6. The largest absolute Gasteiger partial charge is 0.383 e. The van der Waals surface area contributed by atoms with Gasteiger partial charge in [0.05, 0.1) is 12.6 Å². The number of nitrogens with two attached hydrogens (primary N) is 1. The second-order valence-corrected chi connectivity index (χ2v) is 4.81. The highest BCUT2D eigenvalue weighted by molar-refractivity contribution is 5.79. The highest BCUT2D eigenvalue weighted by Gasteiger charge is 2.13. The fourth-order valence-electron chi connectivity index (χ4n) is 1.99. The van der Waals surface area contributed by atoms with E-state index in [-0.39, 0.29) is 11.9 Å². The van der Waals surface area contributed by atoms with Gasteiger partial charge in [-0.3, -0.25) is 4.79 Å². The Morgan fingerprint density at radius 2 is 1.78 bits per heavy atom. The number of amides is 1. The molecular weight excluding hydrogens is 228 g/mol. The maximum Gasteiger partial charge on any atom is 0.234 e. The van der Waals surface area contributed by atoms with Crippen LogP contribution >= 0.6 is 0 Å². The summed E-state index contributed by atoms with van der Waals surface area (Å²) in [6, 6.07) is -0.198. The van der Waals surface area contributed by atoms with Crippen molar-refractivity contribution in [2.75, 3.05) is 20.3 Å². The molecule has 1 atom stereocenters. The summed E-state index contributed by atoms with van der Waals surface area (Å²) >= 11 is 0. The summed E-state index contributed by atoms with van der Waals surface area (Å²) in [7, 11) is 1.65. The molecule has 1 unspecified atom stereocenters. The topological polar surface area (TPSA) is 64.3 Å². The summed E-state index contributed by atoms with van der Waals surface area (Å²) in [5.41, 5.74) is 5.36. The molecule has 0 aliphatic rings. The van der Waals surface area contributed by atoms with Gasteiger partial charge in [-0.25, -0.2) is 0 Å². The summed E-state index contributed by atoms with van der Waals surface area (Å²) in [6.07, 6.45) is 9.64. The Hall–Kier alpha value is -0.610. The average Bonchev–Trinajstić information content (AvgIpc) is 2.35. The average molecular weight is 258 g/mol. The highest BCUT2D eigenvalue weighted by Crippen LogP contribution is 2.09. The zero-order valence-electron chi connectivity index (χ0n) is 12.0. The molecule has 0 saturated heterocycles. The lowest BCUT2D eigenvalue weighted by Crippen LogP contribution is -2.42. The second kappa shape index (κ2) is 12.8. The summed E-state index contributed by atoms with van der Waals surface area (Å²) in [5, 5.41) is 3.13. The summed E-state index contributed by atoms with van der Waals surface area (Å²) in [4.78, 5) is 11.2. The van der Waals surface area contributed by atoms with Crippen molar-refractivity contribution >= 4 is 5.91 Å². The van der Waals surface area contributed by atoms with Gasteiger partial charge in [-0.05, 0) is 6.42 Å². The van der Waals surface area contributed by atoms with Crippen LogP contribution < -0.4 is 11.1 Å². The molecule has 3 N–H and O–H groups in total. The van der Waals surface area contributed by atoms with Crippen molar-refractivity contribution in [3.63, 3.8) is 0 Å². The van der Waals surface area contributed by atoms with Gasteiger partial charge in [-0.2, -0.15) is 0 Å². The number of hydrogen-bond acceptors (Lipinski definition) is 3. The number of primary amides is 1. The zero-order valence-corrected chi connectivity index (χ0v) is 12.0. The van der Waals surface area contributed by atoms with Crippen LogP contribution in [0.2, 0.25) is 0 Å². The Kier molecular flexibility index (Phi) is 12.4. The molecule has 0 aliphatic carbocycles. The van der Waals surface area contributed by atoms with Crippen LogP contribution in [0.15, 0.2) is 0 Å². The van der Waals surface area contributed by atoms with Crippen LogP contribution in [0.5, 0.6) is 0 Å². The van der Waals surface area contributed by atoms with E-state index < -0.39 is 0 Å². The molecule has 0 heterocycles. The molecule has 0 aromatic heterocycles. The molecule has 0 saturated carbocycles. The van der Waals surface area contributed by atoms with Crippen LogP contribution in [-0.4, -0.2) is 32.2 Å². The van der Waals surface area contributed by atoms with Gasteiger partial charge in [0.1, 0.15) is 0 Å². The van der Waals surface area contributed by atoms with Gasteiger partial charge in [0, 0.05) is 13.7 Å². The van der Waals surface area contributed by atoms with Crippen molar-refractivity contribution in [3.8, 4) is 0 Å². The predicted molar refractivity (Wildman–Crippen MR) is 75.5 cm³/mol.